The van der Waals surface area contributed by atoms with Gasteiger partial charge in [-0.25, -0.2) is 9.67 Å². The van der Waals surface area contributed by atoms with E-state index in [0.717, 1.165) is 17.6 Å². The van der Waals surface area contributed by atoms with Crippen LogP contribution >= 0.6 is 11.6 Å². The van der Waals surface area contributed by atoms with Gasteiger partial charge in [-0.15, -0.1) is 0 Å². The number of nitrogens with one attached hydrogen (secondary N) is 1. The van der Waals surface area contributed by atoms with E-state index in [9.17, 15) is 4.79 Å². The first-order valence-corrected chi connectivity index (χ1v) is 7.88. The van der Waals surface area contributed by atoms with Gasteiger partial charge in [0.1, 0.15) is 12.4 Å². The zero-order valence-electron chi connectivity index (χ0n) is 13.1. The molecule has 0 aromatic carbocycles. The van der Waals surface area contributed by atoms with Crippen molar-refractivity contribution in [1.82, 2.24) is 25.1 Å². The summed E-state index contributed by atoms with van der Waals surface area (Å²) in [5.74, 6) is 0.355. The molecule has 8 heteroatoms. The van der Waals surface area contributed by atoms with Gasteiger partial charge in [-0.3, -0.25) is 9.78 Å². The van der Waals surface area contributed by atoms with Crippen molar-refractivity contribution in [2.24, 2.45) is 0 Å². The van der Waals surface area contributed by atoms with Crippen molar-refractivity contribution in [3.8, 4) is 5.75 Å². The minimum Gasteiger partial charge on any atom is -0.490 e. The smallest absolute Gasteiger partial charge is 0.252 e. The fourth-order valence-corrected chi connectivity index (χ4v) is 2.40. The number of aromatic nitrogens is 4. The summed E-state index contributed by atoms with van der Waals surface area (Å²) in [5, 5.41) is 8.34. The largest absolute Gasteiger partial charge is 0.490 e. The molecule has 1 N–H and O–H groups in total. The van der Waals surface area contributed by atoms with Crippen molar-refractivity contribution in [2.45, 2.75) is 13.5 Å². The molecule has 0 bridgehead atoms. The minimum absolute atomic E-state index is 0.207. The van der Waals surface area contributed by atoms with E-state index in [1.54, 1.807) is 35.4 Å². The van der Waals surface area contributed by atoms with Gasteiger partial charge in [0.15, 0.2) is 5.65 Å². The van der Waals surface area contributed by atoms with Gasteiger partial charge < -0.3 is 10.1 Å². The van der Waals surface area contributed by atoms with Gasteiger partial charge >= 0.3 is 0 Å². The molecule has 24 heavy (non-hydrogen) atoms. The van der Waals surface area contributed by atoms with Gasteiger partial charge in [-0.2, -0.15) is 5.10 Å². The molecule has 3 heterocycles. The number of aryl methyl sites for hydroxylation is 1. The van der Waals surface area contributed by atoms with Gasteiger partial charge in [0, 0.05) is 30.4 Å². The number of rotatable bonds is 6. The predicted molar refractivity (Wildman–Crippen MR) is 90.3 cm³/mol. The molecule has 0 atom stereocenters. The first-order chi connectivity index (χ1) is 11.7. The SMILES string of the molecule is CCn1ncc2cc(C(=O)NCCOc3cncc(Cl)c3)cnc21. The third-order valence-electron chi connectivity index (χ3n) is 3.37. The fraction of sp³-hybridized carbons (Fsp3) is 0.250. The number of carbonyl (C=O) groups excluding carboxylic acids is 1. The number of ether oxygens (including phenoxy) is 1. The lowest BCUT2D eigenvalue weighted by Crippen LogP contribution is -2.28. The Labute approximate surface area is 143 Å². The molecule has 0 aliphatic rings. The standard InChI is InChI=1S/C16H16ClN5O2/c1-2-22-15-11(8-21-22)5-12(7-20-15)16(23)19-3-4-24-14-6-13(17)9-18-10-14/h5-10H,2-4H2,1H3,(H,19,23). The van der Waals surface area contributed by atoms with Crippen molar-refractivity contribution in [1.29, 1.82) is 0 Å². The van der Waals surface area contributed by atoms with E-state index in [-0.39, 0.29) is 5.91 Å². The van der Waals surface area contributed by atoms with Crippen molar-refractivity contribution < 1.29 is 9.53 Å². The second kappa shape index (κ2) is 7.27. The van der Waals surface area contributed by atoms with E-state index in [2.05, 4.69) is 20.4 Å². The van der Waals surface area contributed by atoms with Crippen LogP contribution in [0.15, 0.2) is 36.9 Å². The van der Waals surface area contributed by atoms with Crippen LogP contribution in [0, 0.1) is 0 Å². The summed E-state index contributed by atoms with van der Waals surface area (Å²) >= 11 is 5.82. The number of hydrogen-bond donors (Lipinski definition) is 1. The molecule has 0 fully saturated rings. The molecule has 3 aromatic rings. The molecule has 7 nitrogen and oxygen atoms in total. The minimum atomic E-state index is -0.207. The number of hydrogen-bond acceptors (Lipinski definition) is 5. The fourth-order valence-electron chi connectivity index (χ4n) is 2.23. The van der Waals surface area contributed by atoms with Crippen LogP contribution in [0.3, 0.4) is 0 Å². The Hall–Kier alpha value is -2.67. The van der Waals surface area contributed by atoms with Crippen molar-refractivity contribution in [3.63, 3.8) is 0 Å². The van der Waals surface area contributed by atoms with E-state index in [1.807, 2.05) is 6.92 Å². The Morgan fingerprint density at radius 1 is 1.29 bits per heavy atom. The maximum absolute atomic E-state index is 12.2. The summed E-state index contributed by atoms with van der Waals surface area (Å²) in [6.07, 6.45) is 6.35. The van der Waals surface area contributed by atoms with E-state index < -0.39 is 0 Å². The second-order valence-corrected chi connectivity index (χ2v) is 5.48. The zero-order valence-corrected chi connectivity index (χ0v) is 13.8. The summed E-state index contributed by atoms with van der Waals surface area (Å²) in [6, 6.07) is 3.44. The van der Waals surface area contributed by atoms with Crippen LogP contribution in [0.1, 0.15) is 17.3 Å². The second-order valence-electron chi connectivity index (χ2n) is 5.04. The first kappa shape index (κ1) is 16.2. The van der Waals surface area contributed by atoms with Crippen LogP contribution in [-0.4, -0.2) is 38.8 Å². The van der Waals surface area contributed by atoms with Crippen molar-refractivity contribution in [2.75, 3.05) is 13.2 Å². The average Bonchev–Trinajstić information content (AvgIpc) is 3.01. The van der Waals surface area contributed by atoms with Crippen LogP contribution in [0.5, 0.6) is 5.75 Å². The Kier molecular flexibility index (Phi) is 4.90. The molecular weight excluding hydrogens is 330 g/mol. The maximum atomic E-state index is 12.2. The van der Waals surface area contributed by atoms with Crippen LogP contribution < -0.4 is 10.1 Å². The highest BCUT2D eigenvalue weighted by Crippen LogP contribution is 2.15. The molecule has 1 amide bonds. The summed E-state index contributed by atoms with van der Waals surface area (Å²) in [6.45, 7) is 3.40. The lowest BCUT2D eigenvalue weighted by molar-refractivity contribution is 0.0947. The zero-order chi connectivity index (χ0) is 16.9. The molecule has 3 aromatic heterocycles. The highest BCUT2D eigenvalue weighted by molar-refractivity contribution is 6.30. The molecule has 0 aliphatic carbocycles. The van der Waals surface area contributed by atoms with E-state index >= 15 is 0 Å². The van der Waals surface area contributed by atoms with Gasteiger partial charge in [-0.05, 0) is 13.0 Å². The van der Waals surface area contributed by atoms with Crippen molar-refractivity contribution in [3.05, 3.63) is 47.5 Å². The third-order valence-corrected chi connectivity index (χ3v) is 3.58. The van der Waals surface area contributed by atoms with E-state index in [1.165, 1.54) is 6.20 Å². The molecule has 0 unspecified atom stereocenters. The summed E-state index contributed by atoms with van der Waals surface area (Å²) in [7, 11) is 0. The summed E-state index contributed by atoms with van der Waals surface area (Å²) in [5.41, 5.74) is 1.26. The Bertz CT molecular complexity index is 865. The van der Waals surface area contributed by atoms with E-state index in [4.69, 9.17) is 16.3 Å². The Balaban J connectivity index is 1.55. The number of amides is 1. The van der Waals surface area contributed by atoms with Crippen LogP contribution in [0.2, 0.25) is 5.02 Å². The quantitative estimate of drug-likeness (QED) is 0.693. The van der Waals surface area contributed by atoms with Crippen LogP contribution in [0.4, 0.5) is 0 Å². The summed E-state index contributed by atoms with van der Waals surface area (Å²) in [4.78, 5) is 20.4. The average molecular weight is 346 g/mol. The number of carbonyl (C=O) groups is 1. The van der Waals surface area contributed by atoms with Crippen molar-refractivity contribution >= 4 is 28.5 Å². The van der Waals surface area contributed by atoms with Gasteiger partial charge in [0.25, 0.3) is 5.91 Å². The van der Waals surface area contributed by atoms with Crippen LogP contribution in [0.25, 0.3) is 11.0 Å². The molecule has 0 saturated heterocycles. The Morgan fingerprint density at radius 3 is 2.96 bits per heavy atom. The van der Waals surface area contributed by atoms with Gasteiger partial charge in [0.2, 0.25) is 0 Å². The molecular formula is C16H16ClN5O2. The normalized spacial score (nSPS) is 10.8. The molecule has 0 saturated carbocycles. The van der Waals surface area contributed by atoms with Gasteiger partial charge in [0.05, 0.1) is 29.5 Å². The molecule has 124 valence electrons. The highest BCUT2D eigenvalue weighted by Gasteiger charge is 2.09. The van der Waals surface area contributed by atoms with E-state index in [0.29, 0.717) is 29.5 Å². The highest BCUT2D eigenvalue weighted by atomic mass is 35.5. The molecule has 3 rings (SSSR count). The number of halogens is 1. The lowest BCUT2D eigenvalue weighted by atomic mass is 10.2. The number of pyridine rings is 2. The summed E-state index contributed by atoms with van der Waals surface area (Å²) < 4.78 is 7.25. The molecule has 0 spiro atoms. The maximum Gasteiger partial charge on any atom is 0.252 e. The van der Waals surface area contributed by atoms with Crippen LogP contribution in [-0.2, 0) is 6.54 Å². The van der Waals surface area contributed by atoms with Gasteiger partial charge in [-0.1, -0.05) is 11.6 Å². The number of fused-ring (bicyclic) bond motifs is 1. The lowest BCUT2D eigenvalue weighted by Gasteiger charge is -2.08. The monoisotopic (exact) mass is 345 g/mol. The molecule has 0 aliphatic heterocycles. The first-order valence-electron chi connectivity index (χ1n) is 7.50. The Morgan fingerprint density at radius 2 is 2.17 bits per heavy atom. The predicted octanol–water partition coefficient (Wildman–Crippen LogP) is 2.31. The topological polar surface area (TPSA) is 81.9 Å². The third kappa shape index (κ3) is 3.62. The number of nitrogens with zero attached hydrogens (tertiary/aromatic N) is 4. The molecule has 0 radical (unpaired) electrons.